The highest BCUT2D eigenvalue weighted by atomic mass is 16.6. The van der Waals surface area contributed by atoms with Crippen molar-refractivity contribution in [3.63, 3.8) is 0 Å². The Bertz CT molecular complexity index is 169. The number of hydrogen-bond acceptors (Lipinski definition) is 4. The van der Waals surface area contributed by atoms with Crippen molar-refractivity contribution in [1.82, 2.24) is 0 Å². The Morgan fingerprint density at radius 1 is 0.643 bits per heavy atom. The Kier molecular flexibility index (Phi) is 5.04. The molecule has 1 saturated heterocycles. The van der Waals surface area contributed by atoms with Gasteiger partial charge in [-0.1, -0.05) is 38.5 Å². The molecule has 2 aliphatic rings. The van der Waals surface area contributed by atoms with Gasteiger partial charge in [0, 0.05) is 0 Å². The predicted octanol–water partition coefficient (Wildman–Crippen LogP) is 1.43. The highest BCUT2D eigenvalue weighted by Gasteiger charge is 2.21. The second-order valence-electron chi connectivity index (χ2n) is 3.39. The van der Waals surface area contributed by atoms with Crippen LogP contribution in [-0.4, -0.2) is 25.2 Å². The molecule has 0 aromatic rings. The fourth-order valence-electron chi connectivity index (χ4n) is 1.45. The van der Waals surface area contributed by atoms with Crippen molar-refractivity contribution in [1.29, 1.82) is 0 Å². The van der Waals surface area contributed by atoms with E-state index in [4.69, 9.17) is 0 Å². The summed E-state index contributed by atoms with van der Waals surface area (Å²) in [7, 11) is 0. The molecule has 1 aliphatic heterocycles. The topological polar surface area (TPSA) is 52.6 Å². The predicted molar refractivity (Wildman–Crippen MR) is 49.6 cm³/mol. The summed E-state index contributed by atoms with van der Waals surface area (Å²) in [5.74, 6) is -1.78. The summed E-state index contributed by atoms with van der Waals surface area (Å²) in [5, 5.41) is 0. The summed E-state index contributed by atoms with van der Waals surface area (Å²) in [6.45, 7) is 0.370. The minimum absolute atomic E-state index is 0.185. The number of rotatable bonds is 0. The van der Waals surface area contributed by atoms with Gasteiger partial charge in [0.25, 0.3) is 0 Å². The largest absolute Gasteiger partial charge is 0.454 e. The van der Waals surface area contributed by atoms with Crippen LogP contribution < -0.4 is 0 Å². The van der Waals surface area contributed by atoms with Gasteiger partial charge in [-0.15, -0.1) is 0 Å². The maximum Gasteiger partial charge on any atom is 0.417 e. The summed E-state index contributed by atoms with van der Waals surface area (Å²) >= 11 is 0. The van der Waals surface area contributed by atoms with Crippen LogP contribution in [0.4, 0.5) is 0 Å². The third-order valence-corrected chi connectivity index (χ3v) is 2.22. The van der Waals surface area contributed by atoms with Crippen LogP contribution in [0, 0.1) is 0 Å². The Hall–Kier alpha value is -1.06. The first kappa shape index (κ1) is 11.0. The summed E-state index contributed by atoms with van der Waals surface area (Å²) in [5.41, 5.74) is 0. The molecule has 2 fully saturated rings. The van der Waals surface area contributed by atoms with E-state index in [0.717, 1.165) is 0 Å². The molecule has 14 heavy (non-hydrogen) atoms. The number of hydrogen-bond donors (Lipinski definition) is 0. The molecule has 1 saturated carbocycles. The van der Waals surface area contributed by atoms with Crippen molar-refractivity contribution in [2.75, 3.05) is 13.2 Å². The minimum atomic E-state index is -0.892. The van der Waals surface area contributed by atoms with E-state index in [9.17, 15) is 9.59 Å². The quantitative estimate of drug-likeness (QED) is 0.438. The molecule has 0 aromatic carbocycles. The number of cyclic esters (lactones) is 2. The highest BCUT2D eigenvalue weighted by Crippen LogP contribution is 2.15. The summed E-state index contributed by atoms with van der Waals surface area (Å²) in [6.07, 6.45) is 9.00. The molecule has 0 aromatic heterocycles. The van der Waals surface area contributed by atoms with Crippen LogP contribution in [0.2, 0.25) is 0 Å². The normalized spacial score (nSPS) is 21.4. The van der Waals surface area contributed by atoms with Crippen molar-refractivity contribution in [3.8, 4) is 0 Å². The maximum atomic E-state index is 10.1. The maximum absolute atomic E-state index is 10.1. The monoisotopic (exact) mass is 200 g/mol. The van der Waals surface area contributed by atoms with E-state index in [1.165, 1.54) is 38.5 Å². The Balaban J connectivity index is 0.000000146. The molecule has 0 amide bonds. The van der Waals surface area contributed by atoms with E-state index in [1.54, 1.807) is 0 Å². The fourth-order valence-corrected chi connectivity index (χ4v) is 1.45. The highest BCUT2D eigenvalue weighted by molar-refractivity contribution is 6.30. The van der Waals surface area contributed by atoms with Crippen LogP contribution in [0.1, 0.15) is 38.5 Å². The van der Waals surface area contributed by atoms with E-state index < -0.39 is 11.9 Å². The van der Waals surface area contributed by atoms with Crippen molar-refractivity contribution in [3.05, 3.63) is 0 Å². The molecule has 1 aliphatic carbocycles. The standard InChI is InChI=1S/C6H12.C4H4O4/c1-2-4-6-5-3-1;5-3-4(6)8-2-1-7-3/h1-6H2;1-2H2. The third kappa shape index (κ3) is 4.25. The lowest BCUT2D eigenvalue weighted by molar-refractivity contribution is -0.177. The lowest BCUT2D eigenvalue weighted by Gasteiger charge is -2.09. The van der Waals surface area contributed by atoms with E-state index in [2.05, 4.69) is 9.47 Å². The number of carbonyl (C=O) groups excluding carboxylic acids is 2. The van der Waals surface area contributed by atoms with Gasteiger partial charge in [-0.2, -0.15) is 0 Å². The Morgan fingerprint density at radius 2 is 0.929 bits per heavy atom. The van der Waals surface area contributed by atoms with Crippen LogP contribution in [0.15, 0.2) is 0 Å². The van der Waals surface area contributed by atoms with Gasteiger partial charge in [-0.05, 0) is 0 Å². The second-order valence-corrected chi connectivity index (χ2v) is 3.39. The van der Waals surface area contributed by atoms with Gasteiger partial charge < -0.3 is 9.47 Å². The SMILES string of the molecule is C1CCCCC1.O=C1OCCOC1=O. The summed E-state index contributed by atoms with van der Waals surface area (Å²) < 4.78 is 8.55. The van der Waals surface area contributed by atoms with Crippen molar-refractivity contribution in [2.45, 2.75) is 38.5 Å². The average Bonchev–Trinajstić information content (AvgIpc) is 2.26. The summed E-state index contributed by atoms with van der Waals surface area (Å²) in [4.78, 5) is 20.2. The molecule has 0 atom stereocenters. The Labute approximate surface area is 83.6 Å². The summed E-state index contributed by atoms with van der Waals surface area (Å²) in [6, 6.07) is 0. The molecule has 0 radical (unpaired) electrons. The first-order chi connectivity index (χ1) is 6.80. The number of ether oxygens (including phenoxy) is 2. The lowest BCUT2D eigenvalue weighted by Crippen LogP contribution is -2.28. The molecular weight excluding hydrogens is 184 g/mol. The zero-order chi connectivity index (χ0) is 10.2. The van der Waals surface area contributed by atoms with Gasteiger partial charge in [0.2, 0.25) is 0 Å². The molecule has 4 heteroatoms. The molecule has 0 N–H and O–H groups in total. The van der Waals surface area contributed by atoms with Crippen LogP contribution >= 0.6 is 0 Å². The van der Waals surface area contributed by atoms with Crippen molar-refractivity contribution < 1.29 is 19.1 Å². The van der Waals surface area contributed by atoms with Gasteiger partial charge >= 0.3 is 11.9 Å². The second kappa shape index (κ2) is 6.40. The average molecular weight is 200 g/mol. The number of carbonyl (C=O) groups is 2. The number of esters is 2. The molecule has 0 spiro atoms. The first-order valence-corrected chi connectivity index (χ1v) is 5.14. The molecule has 0 bridgehead atoms. The first-order valence-electron chi connectivity index (χ1n) is 5.14. The van der Waals surface area contributed by atoms with Crippen molar-refractivity contribution >= 4 is 11.9 Å². The van der Waals surface area contributed by atoms with Crippen LogP contribution in [-0.2, 0) is 19.1 Å². The van der Waals surface area contributed by atoms with E-state index >= 15 is 0 Å². The van der Waals surface area contributed by atoms with Gasteiger partial charge in [0.15, 0.2) is 0 Å². The van der Waals surface area contributed by atoms with Crippen LogP contribution in [0.3, 0.4) is 0 Å². The minimum Gasteiger partial charge on any atom is -0.454 e. The van der Waals surface area contributed by atoms with Crippen LogP contribution in [0.5, 0.6) is 0 Å². The van der Waals surface area contributed by atoms with Gasteiger partial charge in [0.1, 0.15) is 13.2 Å². The van der Waals surface area contributed by atoms with E-state index in [-0.39, 0.29) is 13.2 Å². The van der Waals surface area contributed by atoms with E-state index in [0.29, 0.717) is 0 Å². The molecular formula is C10H16O4. The zero-order valence-corrected chi connectivity index (χ0v) is 8.29. The molecule has 4 nitrogen and oxygen atoms in total. The molecule has 2 rings (SSSR count). The van der Waals surface area contributed by atoms with Gasteiger partial charge in [-0.3, -0.25) is 0 Å². The Morgan fingerprint density at radius 3 is 1.14 bits per heavy atom. The molecule has 1 heterocycles. The molecule has 80 valence electrons. The third-order valence-electron chi connectivity index (χ3n) is 2.22. The van der Waals surface area contributed by atoms with Crippen molar-refractivity contribution in [2.24, 2.45) is 0 Å². The van der Waals surface area contributed by atoms with Crippen LogP contribution in [0.25, 0.3) is 0 Å². The fraction of sp³-hybridized carbons (Fsp3) is 0.800. The lowest BCUT2D eigenvalue weighted by atomic mass is 10.0. The smallest absolute Gasteiger partial charge is 0.417 e. The molecule has 0 unspecified atom stereocenters. The van der Waals surface area contributed by atoms with E-state index in [1.807, 2.05) is 0 Å². The zero-order valence-electron chi connectivity index (χ0n) is 8.29. The van der Waals surface area contributed by atoms with Gasteiger partial charge in [-0.25, -0.2) is 9.59 Å². The van der Waals surface area contributed by atoms with Gasteiger partial charge in [0.05, 0.1) is 0 Å².